The fourth-order valence-corrected chi connectivity index (χ4v) is 2.86. The number of nitrogens with one attached hydrogen (secondary N) is 2. The molecule has 0 aliphatic carbocycles. The molecule has 0 aliphatic heterocycles. The Morgan fingerprint density at radius 1 is 1.10 bits per heavy atom. The van der Waals surface area contributed by atoms with Gasteiger partial charge in [-0.25, -0.2) is 10.4 Å². The molecule has 0 spiro atoms. The molecule has 0 aliphatic rings. The number of aromatic amines is 1. The van der Waals surface area contributed by atoms with Gasteiger partial charge in [-0.1, -0.05) is 23.8 Å². The van der Waals surface area contributed by atoms with Crippen LogP contribution in [0.5, 0.6) is 11.5 Å². The molecular weight excluding hydrogens is 380 g/mol. The Kier molecular flexibility index (Phi) is 6.51. The quantitative estimate of drug-likeness (QED) is 0.457. The minimum absolute atomic E-state index is 0.188. The summed E-state index contributed by atoms with van der Waals surface area (Å²) >= 11 is 0. The number of rotatable bonds is 7. The van der Waals surface area contributed by atoms with Gasteiger partial charge in [0.1, 0.15) is 6.61 Å². The van der Waals surface area contributed by atoms with Crippen LogP contribution in [0.2, 0.25) is 0 Å². The molecule has 3 rings (SSSR count). The third-order valence-electron chi connectivity index (χ3n) is 4.85. The molecule has 7 nitrogen and oxygen atoms in total. The standard InChI is InChI=1S/C23H26N4O3/c1-14-6-7-15(2)19(10-14)13-30-20-9-8-18(11-21(20)29-5)12-24-27-23-25-17(4)16(3)22(28)26-23/h6-12H,13H2,1-5H3,(H2,25,26,27,28)/b24-12-. The second-order valence-corrected chi connectivity index (χ2v) is 7.12. The molecule has 7 heteroatoms. The Labute approximate surface area is 175 Å². The van der Waals surface area contributed by atoms with Crippen LogP contribution in [0.25, 0.3) is 0 Å². The van der Waals surface area contributed by atoms with Crippen LogP contribution in [0.1, 0.15) is 33.5 Å². The number of hydrogen-bond acceptors (Lipinski definition) is 6. The van der Waals surface area contributed by atoms with E-state index in [0.29, 0.717) is 35.3 Å². The first kappa shape index (κ1) is 21.1. The summed E-state index contributed by atoms with van der Waals surface area (Å²) in [6.07, 6.45) is 1.62. The van der Waals surface area contributed by atoms with Gasteiger partial charge in [0.15, 0.2) is 11.5 Å². The molecule has 30 heavy (non-hydrogen) atoms. The van der Waals surface area contributed by atoms with E-state index in [1.165, 1.54) is 11.1 Å². The molecular formula is C23H26N4O3. The highest BCUT2D eigenvalue weighted by molar-refractivity contribution is 5.81. The monoisotopic (exact) mass is 406 g/mol. The number of anilines is 1. The van der Waals surface area contributed by atoms with Crippen molar-refractivity contribution in [1.82, 2.24) is 9.97 Å². The van der Waals surface area contributed by atoms with Crippen LogP contribution in [0.15, 0.2) is 46.3 Å². The van der Waals surface area contributed by atoms with Gasteiger partial charge in [0, 0.05) is 11.3 Å². The van der Waals surface area contributed by atoms with Crippen molar-refractivity contribution in [2.45, 2.75) is 34.3 Å². The van der Waals surface area contributed by atoms with Gasteiger partial charge in [0.2, 0.25) is 5.95 Å². The zero-order chi connectivity index (χ0) is 21.7. The Morgan fingerprint density at radius 3 is 2.63 bits per heavy atom. The first-order valence-corrected chi connectivity index (χ1v) is 9.61. The van der Waals surface area contributed by atoms with Crippen LogP contribution >= 0.6 is 0 Å². The topological polar surface area (TPSA) is 88.6 Å². The molecule has 2 aromatic carbocycles. The van der Waals surface area contributed by atoms with Gasteiger partial charge < -0.3 is 9.47 Å². The van der Waals surface area contributed by atoms with E-state index in [1.807, 2.05) is 18.2 Å². The van der Waals surface area contributed by atoms with Crippen LogP contribution in [0.4, 0.5) is 5.95 Å². The molecule has 0 radical (unpaired) electrons. The summed E-state index contributed by atoms with van der Waals surface area (Å²) in [5, 5.41) is 4.14. The first-order chi connectivity index (χ1) is 14.4. The van der Waals surface area contributed by atoms with Crippen LogP contribution < -0.4 is 20.5 Å². The lowest BCUT2D eigenvalue weighted by atomic mass is 10.1. The highest BCUT2D eigenvalue weighted by atomic mass is 16.5. The lowest BCUT2D eigenvalue weighted by molar-refractivity contribution is 0.284. The van der Waals surface area contributed by atoms with E-state index in [0.717, 1.165) is 11.1 Å². The highest BCUT2D eigenvalue weighted by Gasteiger charge is 2.07. The van der Waals surface area contributed by atoms with E-state index >= 15 is 0 Å². The zero-order valence-electron chi connectivity index (χ0n) is 17.9. The molecule has 0 unspecified atom stereocenters. The number of aromatic nitrogens is 2. The van der Waals surface area contributed by atoms with E-state index in [1.54, 1.807) is 27.2 Å². The van der Waals surface area contributed by atoms with Gasteiger partial charge in [0.25, 0.3) is 5.56 Å². The van der Waals surface area contributed by atoms with Crippen LogP contribution in [-0.2, 0) is 6.61 Å². The Bertz CT molecular complexity index is 1140. The predicted octanol–water partition coefficient (Wildman–Crippen LogP) is 4.04. The molecule has 0 bridgehead atoms. The summed E-state index contributed by atoms with van der Waals surface area (Å²) in [7, 11) is 1.60. The summed E-state index contributed by atoms with van der Waals surface area (Å²) in [6.45, 7) is 8.10. The fraction of sp³-hybridized carbons (Fsp3) is 0.261. The summed E-state index contributed by atoms with van der Waals surface area (Å²) in [4.78, 5) is 18.7. The van der Waals surface area contributed by atoms with Crippen molar-refractivity contribution in [2.75, 3.05) is 12.5 Å². The molecule has 0 atom stereocenters. The molecule has 0 amide bonds. The number of nitrogens with zero attached hydrogens (tertiary/aromatic N) is 2. The molecule has 156 valence electrons. The maximum Gasteiger partial charge on any atom is 0.255 e. The number of aryl methyl sites for hydroxylation is 3. The maximum atomic E-state index is 11.8. The summed E-state index contributed by atoms with van der Waals surface area (Å²) < 4.78 is 11.5. The van der Waals surface area contributed by atoms with Crippen molar-refractivity contribution in [3.63, 3.8) is 0 Å². The minimum atomic E-state index is -0.188. The van der Waals surface area contributed by atoms with Crippen molar-refractivity contribution >= 4 is 12.2 Å². The first-order valence-electron chi connectivity index (χ1n) is 9.61. The van der Waals surface area contributed by atoms with E-state index in [9.17, 15) is 4.79 Å². The van der Waals surface area contributed by atoms with Crippen LogP contribution in [-0.4, -0.2) is 23.3 Å². The van der Waals surface area contributed by atoms with E-state index in [4.69, 9.17) is 9.47 Å². The summed E-state index contributed by atoms with van der Waals surface area (Å²) in [6, 6.07) is 11.9. The van der Waals surface area contributed by atoms with Crippen molar-refractivity contribution in [3.05, 3.63) is 80.3 Å². The average Bonchev–Trinajstić information content (AvgIpc) is 2.73. The lowest BCUT2D eigenvalue weighted by Crippen LogP contribution is -2.15. The van der Waals surface area contributed by atoms with E-state index in [2.05, 4.69) is 52.5 Å². The lowest BCUT2D eigenvalue weighted by Gasteiger charge is -2.13. The van der Waals surface area contributed by atoms with Crippen molar-refractivity contribution < 1.29 is 9.47 Å². The van der Waals surface area contributed by atoms with E-state index in [-0.39, 0.29) is 5.56 Å². The predicted molar refractivity (Wildman–Crippen MR) is 119 cm³/mol. The van der Waals surface area contributed by atoms with Gasteiger partial charge in [-0.15, -0.1) is 0 Å². The zero-order valence-corrected chi connectivity index (χ0v) is 17.9. The van der Waals surface area contributed by atoms with Crippen molar-refractivity contribution in [1.29, 1.82) is 0 Å². The molecule has 2 N–H and O–H groups in total. The third-order valence-corrected chi connectivity index (χ3v) is 4.85. The van der Waals surface area contributed by atoms with Gasteiger partial charge in [-0.3, -0.25) is 9.78 Å². The Hall–Kier alpha value is -3.61. The largest absolute Gasteiger partial charge is 0.493 e. The third kappa shape index (κ3) is 5.05. The molecule has 1 aromatic heterocycles. The normalized spacial score (nSPS) is 11.0. The smallest absolute Gasteiger partial charge is 0.255 e. The molecule has 0 fully saturated rings. The number of methoxy groups -OCH3 is 1. The SMILES string of the molecule is COc1cc(/C=N\Nc2nc(C)c(C)c(=O)[nH]2)ccc1OCc1cc(C)ccc1C. The van der Waals surface area contributed by atoms with Crippen molar-refractivity contribution in [3.8, 4) is 11.5 Å². The van der Waals surface area contributed by atoms with Crippen LogP contribution in [0.3, 0.4) is 0 Å². The van der Waals surface area contributed by atoms with Gasteiger partial charge in [-0.2, -0.15) is 5.10 Å². The number of hydrogen-bond donors (Lipinski definition) is 2. The average molecular weight is 406 g/mol. The van der Waals surface area contributed by atoms with Crippen molar-refractivity contribution in [2.24, 2.45) is 5.10 Å². The minimum Gasteiger partial charge on any atom is -0.493 e. The van der Waals surface area contributed by atoms with Gasteiger partial charge in [-0.05, 0) is 62.6 Å². The summed E-state index contributed by atoms with van der Waals surface area (Å²) in [5.41, 5.74) is 8.14. The molecule has 3 aromatic rings. The fourth-order valence-electron chi connectivity index (χ4n) is 2.86. The number of ether oxygens (including phenoxy) is 2. The molecule has 0 saturated carbocycles. The van der Waals surface area contributed by atoms with Gasteiger partial charge in [0.05, 0.1) is 13.3 Å². The Morgan fingerprint density at radius 2 is 1.90 bits per heavy atom. The second-order valence-electron chi connectivity index (χ2n) is 7.12. The highest BCUT2D eigenvalue weighted by Crippen LogP contribution is 2.28. The van der Waals surface area contributed by atoms with Crippen LogP contribution in [0, 0.1) is 27.7 Å². The maximum absolute atomic E-state index is 11.8. The molecule has 0 saturated heterocycles. The number of benzene rings is 2. The van der Waals surface area contributed by atoms with Gasteiger partial charge >= 0.3 is 0 Å². The second kappa shape index (κ2) is 9.26. The molecule has 1 heterocycles. The van der Waals surface area contributed by atoms with E-state index < -0.39 is 0 Å². The number of H-pyrrole nitrogens is 1. The Balaban J connectivity index is 1.70. The number of hydrazone groups is 1. The summed E-state index contributed by atoms with van der Waals surface area (Å²) in [5.74, 6) is 1.56.